The molecular formula is C15H27NS. The average molecular weight is 253 g/mol. The van der Waals surface area contributed by atoms with Crippen molar-refractivity contribution < 1.29 is 0 Å². The van der Waals surface area contributed by atoms with Crippen LogP contribution in [0.3, 0.4) is 0 Å². The second kappa shape index (κ2) is 8.86. The monoisotopic (exact) mass is 253 g/mol. The molecule has 1 rings (SSSR count). The Kier molecular flexibility index (Phi) is 7.77. The molecule has 2 heteroatoms. The smallest absolute Gasteiger partial charge is 0.0667 e. The van der Waals surface area contributed by atoms with Crippen molar-refractivity contribution in [3.05, 3.63) is 0 Å². The minimum atomic E-state index is 0.328. The normalized spacial score (nSPS) is 28.9. The van der Waals surface area contributed by atoms with E-state index in [1.54, 1.807) is 0 Å². The predicted molar refractivity (Wildman–Crippen MR) is 77.1 cm³/mol. The highest BCUT2D eigenvalue weighted by Crippen LogP contribution is 2.38. The maximum absolute atomic E-state index is 9.22. The van der Waals surface area contributed by atoms with Crippen LogP contribution >= 0.6 is 11.8 Å². The Balaban J connectivity index is 2.32. The Labute approximate surface area is 111 Å². The molecule has 1 aliphatic carbocycles. The van der Waals surface area contributed by atoms with Crippen molar-refractivity contribution in [3.8, 4) is 6.07 Å². The topological polar surface area (TPSA) is 23.8 Å². The molecule has 0 radical (unpaired) electrons. The summed E-state index contributed by atoms with van der Waals surface area (Å²) in [6, 6.07) is 2.54. The summed E-state index contributed by atoms with van der Waals surface area (Å²) in [6.07, 6.45) is 10.4. The molecule has 1 nitrogen and oxygen atoms in total. The number of unbranched alkanes of at least 4 members (excludes halogenated alkanes) is 2. The molecule has 1 aliphatic rings. The summed E-state index contributed by atoms with van der Waals surface area (Å²) in [5.74, 6) is 2.48. The lowest BCUT2D eigenvalue weighted by Crippen LogP contribution is -2.26. The number of nitriles is 1. The van der Waals surface area contributed by atoms with Crippen LogP contribution in [0.1, 0.15) is 65.2 Å². The zero-order chi connectivity index (χ0) is 12.5. The van der Waals surface area contributed by atoms with Gasteiger partial charge in [-0.25, -0.2) is 0 Å². The highest BCUT2D eigenvalue weighted by molar-refractivity contribution is 7.99. The molecule has 3 atom stereocenters. The maximum atomic E-state index is 9.22. The van der Waals surface area contributed by atoms with Crippen molar-refractivity contribution in [3.63, 3.8) is 0 Å². The first-order valence-corrected chi connectivity index (χ1v) is 8.37. The van der Waals surface area contributed by atoms with E-state index >= 15 is 0 Å². The fourth-order valence-electron chi connectivity index (χ4n) is 2.80. The number of nitrogens with zero attached hydrogens (tertiary/aromatic N) is 1. The SMILES string of the molecule is CCCCCSC1CC(CCC)CCC1C#N. The van der Waals surface area contributed by atoms with Gasteiger partial charge < -0.3 is 0 Å². The van der Waals surface area contributed by atoms with E-state index in [4.69, 9.17) is 0 Å². The summed E-state index contributed by atoms with van der Waals surface area (Å²) in [6.45, 7) is 4.53. The summed E-state index contributed by atoms with van der Waals surface area (Å²) in [5.41, 5.74) is 0. The van der Waals surface area contributed by atoms with Crippen molar-refractivity contribution in [1.82, 2.24) is 0 Å². The number of hydrogen-bond donors (Lipinski definition) is 0. The fraction of sp³-hybridized carbons (Fsp3) is 0.933. The zero-order valence-electron chi connectivity index (χ0n) is 11.5. The van der Waals surface area contributed by atoms with Crippen LogP contribution in [0.15, 0.2) is 0 Å². The summed E-state index contributed by atoms with van der Waals surface area (Å²) in [5, 5.41) is 9.84. The third-order valence-corrected chi connectivity index (χ3v) is 5.32. The number of rotatable bonds is 7. The van der Waals surface area contributed by atoms with Gasteiger partial charge in [-0.3, -0.25) is 0 Å². The zero-order valence-corrected chi connectivity index (χ0v) is 12.3. The average Bonchev–Trinajstić information content (AvgIpc) is 2.35. The second-order valence-corrected chi connectivity index (χ2v) is 6.67. The molecule has 0 N–H and O–H groups in total. The van der Waals surface area contributed by atoms with Crippen LogP contribution in [-0.2, 0) is 0 Å². The number of hydrogen-bond acceptors (Lipinski definition) is 2. The Hall–Kier alpha value is -0.160. The predicted octanol–water partition coefficient (Wildman–Crippen LogP) is 5.02. The lowest BCUT2D eigenvalue weighted by atomic mass is 9.80. The number of thioether (sulfide) groups is 1. The molecule has 0 saturated heterocycles. The maximum Gasteiger partial charge on any atom is 0.0667 e. The van der Waals surface area contributed by atoms with Crippen molar-refractivity contribution in [2.45, 2.75) is 70.5 Å². The van der Waals surface area contributed by atoms with Gasteiger partial charge in [0.15, 0.2) is 0 Å². The standard InChI is InChI=1S/C15H27NS/c1-3-5-6-10-17-15-11-13(7-4-2)8-9-14(15)12-16/h13-15H,3-11H2,1-2H3. The summed E-state index contributed by atoms with van der Waals surface area (Å²) in [4.78, 5) is 0. The van der Waals surface area contributed by atoms with Crippen LogP contribution in [0, 0.1) is 23.2 Å². The minimum Gasteiger partial charge on any atom is -0.198 e. The van der Waals surface area contributed by atoms with Crippen LogP contribution in [0.25, 0.3) is 0 Å². The summed E-state index contributed by atoms with van der Waals surface area (Å²) >= 11 is 2.08. The lowest BCUT2D eigenvalue weighted by Gasteiger charge is -2.32. The second-order valence-electron chi connectivity index (χ2n) is 5.32. The quantitative estimate of drug-likeness (QED) is 0.595. The molecule has 0 spiro atoms. The first-order chi connectivity index (χ1) is 8.31. The lowest BCUT2D eigenvalue weighted by molar-refractivity contribution is 0.307. The summed E-state index contributed by atoms with van der Waals surface area (Å²) < 4.78 is 0. The summed E-state index contributed by atoms with van der Waals surface area (Å²) in [7, 11) is 0. The van der Waals surface area contributed by atoms with Crippen LogP contribution in [-0.4, -0.2) is 11.0 Å². The van der Waals surface area contributed by atoms with E-state index in [0.29, 0.717) is 11.2 Å². The highest BCUT2D eigenvalue weighted by Gasteiger charge is 2.30. The Morgan fingerprint density at radius 2 is 2.00 bits per heavy atom. The third kappa shape index (κ3) is 5.34. The Morgan fingerprint density at radius 1 is 1.18 bits per heavy atom. The van der Waals surface area contributed by atoms with Gasteiger partial charge in [0.25, 0.3) is 0 Å². The van der Waals surface area contributed by atoms with Gasteiger partial charge in [-0.1, -0.05) is 39.5 Å². The Morgan fingerprint density at radius 3 is 2.65 bits per heavy atom. The van der Waals surface area contributed by atoms with Gasteiger partial charge in [0, 0.05) is 5.25 Å². The molecule has 3 unspecified atom stereocenters. The van der Waals surface area contributed by atoms with Crippen LogP contribution < -0.4 is 0 Å². The van der Waals surface area contributed by atoms with Crippen LogP contribution in [0.4, 0.5) is 0 Å². The van der Waals surface area contributed by atoms with Gasteiger partial charge >= 0.3 is 0 Å². The van der Waals surface area contributed by atoms with E-state index < -0.39 is 0 Å². The van der Waals surface area contributed by atoms with E-state index in [1.165, 1.54) is 50.7 Å². The molecule has 1 saturated carbocycles. The van der Waals surface area contributed by atoms with Crippen molar-refractivity contribution in [2.75, 3.05) is 5.75 Å². The Bertz CT molecular complexity index is 234. The van der Waals surface area contributed by atoms with Gasteiger partial charge in [0.2, 0.25) is 0 Å². The molecule has 1 fully saturated rings. The van der Waals surface area contributed by atoms with Crippen molar-refractivity contribution in [1.29, 1.82) is 5.26 Å². The van der Waals surface area contributed by atoms with E-state index in [2.05, 4.69) is 31.7 Å². The minimum absolute atomic E-state index is 0.328. The fourth-order valence-corrected chi connectivity index (χ4v) is 4.31. The molecule has 17 heavy (non-hydrogen) atoms. The molecule has 0 aromatic heterocycles. The first-order valence-electron chi connectivity index (χ1n) is 7.33. The first kappa shape index (κ1) is 14.9. The molecular weight excluding hydrogens is 226 g/mol. The third-order valence-electron chi connectivity index (χ3n) is 3.84. The van der Waals surface area contributed by atoms with Gasteiger partial charge in [0.1, 0.15) is 0 Å². The highest BCUT2D eigenvalue weighted by atomic mass is 32.2. The van der Waals surface area contributed by atoms with E-state index in [1.807, 2.05) is 0 Å². The van der Waals surface area contributed by atoms with Gasteiger partial charge in [-0.2, -0.15) is 17.0 Å². The van der Waals surface area contributed by atoms with Gasteiger partial charge in [-0.05, 0) is 37.4 Å². The largest absolute Gasteiger partial charge is 0.198 e. The molecule has 0 bridgehead atoms. The molecule has 0 heterocycles. The van der Waals surface area contributed by atoms with E-state index in [9.17, 15) is 5.26 Å². The van der Waals surface area contributed by atoms with Gasteiger partial charge in [0.05, 0.1) is 12.0 Å². The molecule has 0 aliphatic heterocycles. The molecule has 98 valence electrons. The van der Waals surface area contributed by atoms with Crippen molar-refractivity contribution >= 4 is 11.8 Å². The molecule has 0 aromatic rings. The molecule has 0 amide bonds. The molecule has 0 aromatic carbocycles. The van der Waals surface area contributed by atoms with Gasteiger partial charge in [-0.15, -0.1) is 0 Å². The van der Waals surface area contributed by atoms with E-state index in [0.717, 1.165) is 12.3 Å². The van der Waals surface area contributed by atoms with Crippen molar-refractivity contribution in [2.24, 2.45) is 11.8 Å². The van der Waals surface area contributed by atoms with Crippen LogP contribution in [0.5, 0.6) is 0 Å². The van der Waals surface area contributed by atoms with E-state index in [-0.39, 0.29) is 0 Å². The van der Waals surface area contributed by atoms with Crippen LogP contribution in [0.2, 0.25) is 0 Å².